The van der Waals surface area contributed by atoms with Crippen LogP contribution in [0.3, 0.4) is 0 Å². The molecule has 0 bridgehead atoms. The third-order valence-corrected chi connectivity index (χ3v) is 9.71. The normalized spacial score (nSPS) is 12.4. The lowest BCUT2D eigenvalue weighted by molar-refractivity contribution is -0.204. The Balaban J connectivity index is -0.000000450. The van der Waals surface area contributed by atoms with Crippen molar-refractivity contribution in [3.8, 4) is 0 Å². The van der Waals surface area contributed by atoms with Crippen LogP contribution in [0.25, 0.3) is 0 Å². The molecule has 0 aromatic rings. The summed E-state index contributed by atoms with van der Waals surface area (Å²) in [6.45, 7) is 11.4. The molecule has 0 radical (unpaired) electrons. The smallest absolute Gasteiger partial charge is 0.422 e. The fraction of sp³-hybridized carbons (Fsp3) is 0.822. The largest absolute Gasteiger partial charge is 0.457 e. The van der Waals surface area contributed by atoms with Crippen LogP contribution < -0.4 is 0 Å². The van der Waals surface area contributed by atoms with Gasteiger partial charge in [-0.05, 0) is 81.1 Å². The van der Waals surface area contributed by atoms with E-state index in [1.54, 1.807) is 83.1 Å². The first-order valence-electron chi connectivity index (χ1n) is 22.3. The first-order valence-corrected chi connectivity index (χ1v) is 22.3. The van der Waals surface area contributed by atoms with Gasteiger partial charge in [0.05, 0.1) is 28.1 Å². The van der Waals surface area contributed by atoms with Crippen LogP contribution in [-0.4, -0.2) is 137 Å². The van der Waals surface area contributed by atoms with Crippen molar-refractivity contribution in [3.63, 3.8) is 0 Å². The summed E-state index contributed by atoms with van der Waals surface area (Å²) >= 11 is 0. The lowest BCUT2D eigenvalue weighted by Crippen LogP contribution is -2.33. The average molecular weight is 1130 g/mol. The summed E-state index contributed by atoms with van der Waals surface area (Å²) in [5, 5.41) is 0. The van der Waals surface area contributed by atoms with Crippen molar-refractivity contribution in [2.45, 2.75) is 165 Å². The van der Waals surface area contributed by atoms with Gasteiger partial charge in [0, 0.05) is 6.92 Å². The minimum Gasteiger partial charge on any atom is -0.457 e. The zero-order valence-corrected chi connectivity index (χ0v) is 43.8. The van der Waals surface area contributed by atoms with Gasteiger partial charge in [-0.25, -0.2) is 54.3 Å². The summed E-state index contributed by atoms with van der Waals surface area (Å²) in [5.41, 5.74) is -3.14. The molecular formula is C45H68F14O16. The van der Waals surface area contributed by atoms with Gasteiger partial charge >= 0.3 is 60.1 Å². The molecule has 0 aromatic heterocycles. The Bertz CT molecular complexity index is 1730. The molecule has 16 nitrogen and oxygen atoms in total. The molecule has 0 aliphatic rings. The van der Waals surface area contributed by atoms with E-state index in [0.29, 0.717) is 32.6 Å². The Morgan fingerprint density at radius 3 is 0.800 bits per heavy atom. The van der Waals surface area contributed by atoms with Crippen molar-refractivity contribution in [3.05, 3.63) is 0 Å². The van der Waals surface area contributed by atoms with Crippen molar-refractivity contribution in [1.29, 1.82) is 0 Å². The van der Waals surface area contributed by atoms with Crippen LogP contribution in [0.5, 0.6) is 0 Å². The van der Waals surface area contributed by atoms with Gasteiger partial charge in [-0.15, -0.1) is 0 Å². The molecule has 0 aromatic carbocycles. The molecule has 0 unspecified atom stereocenters. The summed E-state index contributed by atoms with van der Waals surface area (Å²) in [4.78, 5) is 89.6. The van der Waals surface area contributed by atoms with Crippen LogP contribution in [0, 0.1) is 21.7 Å². The molecule has 0 aliphatic heterocycles. The molecule has 0 atom stereocenters. The lowest BCUT2D eigenvalue weighted by atomic mass is 9.91. The van der Waals surface area contributed by atoms with E-state index in [1.165, 1.54) is 0 Å². The highest BCUT2D eigenvalue weighted by Crippen LogP contribution is 2.32. The minimum atomic E-state index is -5.08. The lowest BCUT2D eigenvalue weighted by Gasteiger charge is -2.20. The Kier molecular flexibility index (Phi) is 33.6. The molecule has 0 amide bonds. The Hall–Kier alpha value is -5.22. The van der Waals surface area contributed by atoms with Crippen molar-refractivity contribution >= 4 is 47.8 Å². The van der Waals surface area contributed by atoms with E-state index < -0.39 is 172 Å². The Morgan fingerprint density at radius 2 is 0.587 bits per heavy atom. The van der Waals surface area contributed by atoms with Crippen LogP contribution in [0.15, 0.2) is 0 Å². The minimum absolute atomic E-state index is 0.421. The highest BCUT2D eigenvalue weighted by atomic mass is 19.4. The van der Waals surface area contributed by atoms with Gasteiger partial charge in [-0.3, -0.25) is 19.2 Å². The Morgan fingerprint density at radius 1 is 0.347 bits per heavy atom. The first kappa shape index (κ1) is 76.3. The van der Waals surface area contributed by atoms with Crippen molar-refractivity contribution in [2.24, 2.45) is 21.7 Å². The van der Waals surface area contributed by atoms with Crippen molar-refractivity contribution < 1.29 is 138 Å². The number of hydrogen-bond donors (Lipinski definition) is 0. The number of ether oxygens (including phenoxy) is 8. The number of alkyl halides is 14. The molecule has 0 heterocycles. The maximum atomic E-state index is 12.8. The van der Waals surface area contributed by atoms with Crippen LogP contribution in [0.1, 0.15) is 129 Å². The third-order valence-electron chi connectivity index (χ3n) is 9.71. The van der Waals surface area contributed by atoms with Crippen molar-refractivity contribution in [2.75, 3.05) is 52.9 Å². The van der Waals surface area contributed by atoms with Gasteiger partial charge in [-0.2, -0.15) is 26.3 Å². The highest BCUT2D eigenvalue weighted by Gasteiger charge is 2.45. The summed E-state index contributed by atoms with van der Waals surface area (Å²) in [5.74, 6) is -18.5. The van der Waals surface area contributed by atoms with Crippen LogP contribution in [0.4, 0.5) is 61.5 Å². The number of halogens is 14. The van der Waals surface area contributed by atoms with Gasteiger partial charge in [0.2, 0.25) is 6.43 Å². The van der Waals surface area contributed by atoms with Crippen LogP contribution in [0.2, 0.25) is 0 Å². The second-order valence-corrected chi connectivity index (χ2v) is 18.7. The fourth-order valence-corrected chi connectivity index (χ4v) is 3.39. The molecule has 0 spiro atoms. The summed E-state index contributed by atoms with van der Waals surface area (Å²) < 4.78 is 205. The van der Waals surface area contributed by atoms with Gasteiger partial charge in [0.25, 0.3) is 17.8 Å². The molecular weight excluding hydrogens is 1060 g/mol. The number of rotatable bonds is 26. The summed E-state index contributed by atoms with van der Waals surface area (Å²) in [7, 11) is 0. The zero-order valence-electron chi connectivity index (χ0n) is 43.8. The molecule has 442 valence electrons. The summed E-state index contributed by atoms with van der Waals surface area (Å²) in [6.07, 6.45) is -15.0. The van der Waals surface area contributed by atoms with Gasteiger partial charge < -0.3 is 37.9 Å². The predicted octanol–water partition coefficient (Wildman–Crippen LogP) is 10.1. The molecule has 0 saturated carbocycles. The second-order valence-electron chi connectivity index (χ2n) is 18.7. The van der Waals surface area contributed by atoms with E-state index >= 15 is 0 Å². The maximum Gasteiger partial charge on any atom is 0.422 e. The van der Waals surface area contributed by atoms with E-state index in [9.17, 15) is 99.8 Å². The van der Waals surface area contributed by atoms with Crippen molar-refractivity contribution in [1.82, 2.24) is 0 Å². The fourth-order valence-electron chi connectivity index (χ4n) is 3.39. The van der Waals surface area contributed by atoms with Crippen LogP contribution >= 0.6 is 0 Å². The molecule has 75 heavy (non-hydrogen) atoms. The van der Waals surface area contributed by atoms with Crippen LogP contribution in [-0.2, 0) is 76.3 Å². The van der Waals surface area contributed by atoms with E-state index in [4.69, 9.17) is 0 Å². The number of carbonyl (C=O) groups is 8. The van der Waals surface area contributed by atoms with E-state index in [2.05, 4.69) is 37.9 Å². The van der Waals surface area contributed by atoms with Gasteiger partial charge in [-0.1, -0.05) is 27.7 Å². The predicted molar refractivity (Wildman–Crippen MR) is 232 cm³/mol. The zero-order chi connectivity index (χ0) is 60.3. The monoisotopic (exact) mass is 1130 g/mol. The highest BCUT2D eigenvalue weighted by molar-refractivity contribution is 5.81. The molecule has 0 fully saturated rings. The standard InChI is InChI=1S/C12H17F5O4.C12H18F4O4.C11H18F2O4.C10H15F3O4/c1-4-10(2,3)9(19)20-5-8(18)21-7-11(13,14)6-12(15,16)17;1-4-11(2,3)10(18)19-6-9(17)20-7-12(15,16)5-8(13)14;1-5-10(2,3)9(15)16-6-8(14)17-7-11(4,12)13;1-4-9(2,3)8(15)16-5-7(14)17-6-10(11,12)13/h4-7H2,1-3H3;8H,4-7H2,1-3H3;5-7H2,1-4H3;4-6H2,1-3H3. The third kappa shape index (κ3) is 41.7. The quantitative estimate of drug-likeness (QED) is 0.0448. The number of hydrogen-bond acceptors (Lipinski definition) is 16. The van der Waals surface area contributed by atoms with E-state index in [0.717, 1.165) is 0 Å². The van der Waals surface area contributed by atoms with Gasteiger partial charge in [0.15, 0.2) is 52.9 Å². The second kappa shape index (κ2) is 33.0. The van der Waals surface area contributed by atoms with E-state index in [1.807, 2.05) is 0 Å². The topological polar surface area (TPSA) is 210 Å². The van der Waals surface area contributed by atoms with Gasteiger partial charge in [0.1, 0.15) is 6.42 Å². The number of esters is 8. The molecule has 0 aliphatic carbocycles. The average Bonchev–Trinajstić information content (AvgIpc) is 3.26. The first-order chi connectivity index (χ1) is 33.5. The SMILES string of the molecule is CCC(C)(C)C(=O)OCC(=O)OCC(C)(F)F.CCC(C)(C)C(=O)OCC(=O)OCC(F)(F)CC(F)(F)F.CCC(C)(C)C(=O)OCC(=O)OCC(F)(F)CC(F)F.CCC(C)(C)C(=O)OCC(=O)OCC(F)(F)F. The maximum absolute atomic E-state index is 12.8. The molecule has 30 heteroatoms. The van der Waals surface area contributed by atoms with E-state index in [-0.39, 0.29) is 0 Å². The summed E-state index contributed by atoms with van der Waals surface area (Å²) in [6, 6.07) is 0. The molecule has 0 saturated heterocycles. The Labute approximate surface area is 424 Å². The molecule has 0 N–H and O–H groups in total. The number of carbonyl (C=O) groups excluding carboxylic acids is 8. The molecule has 0 rings (SSSR count).